The van der Waals surface area contributed by atoms with E-state index in [9.17, 15) is 24.0 Å². The standard InChI is InChI=1S/C37H35N3O7S2/c41-26(38-22-12-9-19-6-3-4-7-21(19)16-22)18-47-23-13-10-20(11-14-23)28-29-24-17-25(32(29)48-34-33(28)49-37(46)39-34)31-30(24)35(44)40(36(31)45)15-5-1-2-8-27(42)43/h3-4,6-7,9-14,16,24-25,28-32H,1-2,5,8,15,17-18H2,(H,38,41)(H,39,46)(H,42,43)/t24?,25?,28-,29?,30?,31?,32?/m1/s1. The van der Waals surface area contributed by atoms with Crippen LogP contribution < -0.4 is 14.9 Å². The first-order valence-electron chi connectivity index (χ1n) is 16.7. The van der Waals surface area contributed by atoms with Gasteiger partial charge in [0.05, 0.1) is 16.9 Å². The van der Waals surface area contributed by atoms with Gasteiger partial charge in [-0.25, -0.2) is 0 Å². The molecule has 7 atom stereocenters. The number of hydrogen-bond donors (Lipinski definition) is 3. The van der Waals surface area contributed by atoms with Crippen molar-refractivity contribution >= 4 is 63.2 Å². The number of aromatic nitrogens is 1. The van der Waals surface area contributed by atoms with Crippen molar-refractivity contribution in [1.82, 2.24) is 9.88 Å². The number of nitrogens with zero attached hydrogens (tertiary/aromatic N) is 1. The van der Waals surface area contributed by atoms with Gasteiger partial charge in [0.25, 0.3) is 5.91 Å². The number of hydrogen-bond acceptors (Lipinski definition) is 8. The number of unbranched alkanes of at least 4 members (excludes halogenated alkanes) is 2. The van der Waals surface area contributed by atoms with Crippen LogP contribution in [0.1, 0.15) is 48.5 Å². The molecule has 1 aromatic heterocycles. The third-order valence-corrected chi connectivity index (χ3v) is 13.3. The van der Waals surface area contributed by atoms with Gasteiger partial charge in [0, 0.05) is 34.7 Å². The minimum Gasteiger partial charge on any atom is -0.484 e. The maximum absolute atomic E-state index is 13.8. The summed E-state index contributed by atoms with van der Waals surface area (Å²) >= 11 is 2.87. The molecule has 10 nitrogen and oxygen atoms in total. The highest BCUT2D eigenvalue weighted by Crippen LogP contribution is 2.68. The van der Waals surface area contributed by atoms with Crippen LogP contribution >= 0.6 is 23.1 Å². The lowest BCUT2D eigenvalue weighted by atomic mass is 9.68. The molecular formula is C37H35N3O7S2. The third-order valence-electron chi connectivity index (χ3n) is 10.7. The molecule has 12 heteroatoms. The maximum Gasteiger partial charge on any atom is 0.305 e. The molecule has 2 aliphatic carbocycles. The number of imide groups is 1. The van der Waals surface area contributed by atoms with Gasteiger partial charge in [0.15, 0.2) is 6.61 Å². The van der Waals surface area contributed by atoms with E-state index in [0.29, 0.717) is 37.2 Å². The summed E-state index contributed by atoms with van der Waals surface area (Å²) in [5.74, 6) is -1.41. The Kier molecular flexibility index (Phi) is 8.31. The van der Waals surface area contributed by atoms with E-state index < -0.39 is 5.97 Å². The van der Waals surface area contributed by atoms with Crippen molar-refractivity contribution in [3.8, 4) is 5.75 Å². The number of H-pyrrole nitrogens is 1. The number of nitrogens with one attached hydrogen (secondary N) is 2. The molecule has 49 heavy (non-hydrogen) atoms. The lowest BCUT2D eigenvalue weighted by molar-refractivity contribution is -0.141. The van der Waals surface area contributed by atoms with Gasteiger partial charge in [-0.2, -0.15) is 0 Å². The van der Waals surface area contributed by atoms with Crippen molar-refractivity contribution < 1.29 is 29.0 Å². The number of thioether (sulfide) groups is 1. The lowest BCUT2D eigenvalue weighted by Crippen LogP contribution is -2.42. The Bertz CT molecular complexity index is 2020. The van der Waals surface area contributed by atoms with Gasteiger partial charge in [-0.15, -0.1) is 11.8 Å². The molecule has 8 rings (SSSR count). The smallest absolute Gasteiger partial charge is 0.305 e. The fourth-order valence-electron chi connectivity index (χ4n) is 8.78. The second kappa shape index (κ2) is 12.8. The van der Waals surface area contributed by atoms with Gasteiger partial charge in [0.2, 0.25) is 11.8 Å². The maximum atomic E-state index is 13.8. The lowest BCUT2D eigenvalue weighted by Gasteiger charge is -2.43. The topological polar surface area (TPSA) is 146 Å². The molecule has 2 bridgehead atoms. The van der Waals surface area contributed by atoms with E-state index in [0.717, 1.165) is 32.7 Å². The molecule has 3 N–H and O–H groups in total. The number of aromatic amines is 1. The van der Waals surface area contributed by atoms with Crippen LogP contribution in [0.5, 0.6) is 5.75 Å². The zero-order chi connectivity index (χ0) is 33.8. The summed E-state index contributed by atoms with van der Waals surface area (Å²) < 4.78 is 5.85. The van der Waals surface area contributed by atoms with Crippen molar-refractivity contribution in [2.24, 2.45) is 29.6 Å². The van der Waals surface area contributed by atoms with Gasteiger partial charge < -0.3 is 20.1 Å². The van der Waals surface area contributed by atoms with Gasteiger partial charge in [0.1, 0.15) is 5.75 Å². The van der Waals surface area contributed by atoms with Crippen molar-refractivity contribution in [2.75, 3.05) is 18.5 Å². The van der Waals surface area contributed by atoms with E-state index in [2.05, 4.69) is 10.3 Å². The summed E-state index contributed by atoms with van der Waals surface area (Å²) in [7, 11) is 0. The molecule has 4 aliphatic rings. The summed E-state index contributed by atoms with van der Waals surface area (Å²) in [4.78, 5) is 68.9. The molecule has 0 spiro atoms. The SMILES string of the molecule is O=C(O)CCCCCN1C(=O)C2C3CC(C2C1=O)C1C3Sc2[nH]c(=O)sc2[C@@H]1c1ccc(OCC(=O)Nc2ccc3ccccc3c2)cc1. The number of anilines is 1. The van der Waals surface area contributed by atoms with E-state index in [-0.39, 0.29) is 76.4 Å². The van der Waals surface area contributed by atoms with Gasteiger partial charge in [-0.1, -0.05) is 60.2 Å². The zero-order valence-electron chi connectivity index (χ0n) is 26.5. The number of likely N-dealkylation sites (tertiary alicyclic amines) is 1. The number of fused-ring (bicyclic) bond motifs is 10. The predicted octanol–water partition coefficient (Wildman–Crippen LogP) is 5.73. The molecule has 1 saturated heterocycles. The van der Waals surface area contributed by atoms with Crippen LogP contribution in [0.2, 0.25) is 0 Å². The Morgan fingerprint density at radius 1 is 0.918 bits per heavy atom. The van der Waals surface area contributed by atoms with Crippen LogP contribution in [0.4, 0.5) is 5.69 Å². The monoisotopic (exact) mass is 697 g/mol. The summed E-state index contributed by atoms with van der Waals surface area (Å²) in [6.45, 7) is 0.178. The summed E-state index contributed by atoms with van der Waals surface area (Å²) in [6.07, 6.45) is 2.67. The van der Waals surface area contributed by atoms with E-state index >= 15 is 0 Å². The highest BCUT2D eigenvalue weighted by atomic mass is 32.2. The minimum atomic E-state index is -0.841. The normalized spacial score (nSPS) is 26.4. The van der Waals surface area contributed by atoms with Gasteiger partial charge in [-0.05, 0) is 77.6 Å². The third kappa shape index (κ3) is 5.74. The molecule has 3 fully saturated rings. The fraction of sp³-hybridized carbons (Fsp3) is 0.378. The van der Waals surface area contributed by atoms with Crippen LogP contribution in [0.3, 0.4) is 0 Å². The zero-order valence-corrected chi connectivity index (χ0v) is 28.1. The number of benzene rings is 3. The molecular weight excluding hydrogens is 663 g/mol. The molecule has 6 unspecified atom stereocenters. The number of carboxylic acids is 1. The second-order valence-electron chi connectivity index (χ2n) is 13.5. The first kappa shape index (κ1) is 31.8. The van der Waals surface area contributed by atoms with Crippen molar-refractivity contribution in [3.05, 3.63) is 86.8 Å². The summed E-state index contributed by atoms with van der Waals surface area (Å²) in [6, 6.07) is 21.4. The predicted molar refractivity (Wildman–Crippen MR) is 186 cm³/mol. The Morgan fingerprint density at radius 3 is 2.45 bits per heavy atom. The summed E-state index contributed by atoms with van der Waals surface area (Å²) in [5.41, 5.74) is 1.71. The van der Waals surface area contributed by atoms with Crippen LogP contribution in [-0.2, 0) is 19.2 Å². The van der Waals surface area contributed by atoms with Crippen LogP contribution in [-0.4, -0.2) is 57.1 Å². The number of rotatable bonds is 11. The number of ether oxygens (including phenoxy) is 1. The number of carbonyl (C=O) groups excluding carboxylic acids is 3. The van der Waals surface area contributed by atoms with Crippen LogP contribution in [0.25, 0.3) is 10.8 Å². The molecule has 3 heterocycles. The van der Waals surface area contributed by atoms with Crippen molar-refractivity contribution in [1.29, 1.82) is 0 Å². The highest BCUT2D eigenvalue weighted by Gasteiger charge is 2.69. The Hall–Kier alpha value is -4.42. The largest absolute Gasteiger partial charge is 0.484 e. The quantitative estimate of drug-likeness (QED) is 0.133. The number of carboxylic acid groups (broad SMARTS) is 1. The first-order chi connectivity index (χ1) is 23.8. The van der Waals surface area contributed by atoms with Gasteiger partial charge in [-0.3, -0.25) is 28.9 Å². The molecule has 3 amide bonds. The van der Waals surface area contributed by atoms with Gasteiger partial charge >= 0.3 is 10.8 Å². The molecule has 3 aromatic carbocycles. The fourth-order valence-corrected chi connectivity index (χ4v) is 11.7. The molecule has 2 aliphatic heterocycles. The van der Waals surface area contributed by atoms with Crippen molar-refractivity contribution in [2.45, 2.75) is 48.3 Å². The Labute approximate surface area is 290 Å². The second-order valence-corrected chi connectivity index (χ2v) is 15.7. The molecule has 0 radical (unpaired) electrons. The highest BCUT2D eigenvalue weighted by molar-refractivity contribution is 8.00. The first-order valence-corrected chi connectivity index (χ1v) is 18.4. The number of amides is 3. The Balaban J connectivity index is 0.972. The van der Waals surface area contributed by atoms with E-state index in [4.69, 9.17) is 9.84 Å². The number of aliphatic carboxylic acids is 1. The Morgan fingerprint density at radius 2 is 1.67 bits per heavy atom. The molecule has 252 valence electrons. The average molecular weight is 698 g/mol. The van der Waals surface area contributed by atoms with Crippen molar-refractivity contribution in [3.63, 3.8) is 0 Å². The number of thiazole rings is 1. The molecule has 2 saturated carbocycles. The molecule has 4 aromatic rings. The minimum absolute atomic E-state index is 0.0195. The van der Waals surface area contributed by atoms with E-state index in [1.165, 1.54) is 16.2 Å². The van der Waals surface area contributed by atoms with E-state index in [1.807, 2.05) is 66.7 Å². The summed E-state index contributed by atoms with van der Waals surface area (Å²) in [5, 5.41) is 14.9. The van der Waals surface area contributed by atoms with E-state index in [1.54, 1.807) is 11.8 Å². The van der Waals surface area contributed by atoms with Crippen LogP contribution in [0.15, 0.2) is 76.6 Å². The number of carbonyl (C=O) groups is 4. The average Bonchev–Trinajstić information content (AvgIpc) is 3.83. The van der Waals surface area contributed by atoms with Crippen LogP contribution in [0, 0.1) is 29.6 Å².